The van der Waals surface area contributed by atoms with E-state index in [1.165, 1.54) is 39.0 Å². The van der Waals surface area contributed by atoms with Crippen LogP contribution in [0.3, 0.4) is 0 Å². The standard InChI is InChI=1S/C19H14N4O2S3/c1-10(27-19-22-16-11(7-8-26-16)18(25)23(19)2)15(24)12(9-20)17-21-13-5-3-4-6-14(13)28-17/h3-8,10,24H,1-2H3/b15-12-. The number of aliphatic hydroxyl groups is 1. The van der Waals surface area contributed by atoms with Crippen LogP contribution in [0.1, 0.15) is 11.9 Å². The highest BCUT2D eigenvalue weighted by atomic mass is 32.2. The third-order valence-corrected chi connectivity index (χ3v) is 7.22. The molecule has 0 amide bonds. The predicted octanol–water partition coefficient (Wildman–Crippen LogP) is 4.58. The summed E-state index contributed by atoms with van der Waals surface area (Å²) >= 11 is 3.99. The highest BCUT2D eigenvalue weighted by molar-refractivity contribution is 8.00. The third kappa shape index (κ3) is 3.20. The van der Waals surface area contributed by atoms with Crippen LogP contribution in [0, 0.1) is 11.3 Å². The molecule has 6 nitrogen and oxygen atoms in total. The average Bonchev–Trinajstić information content (AvgIpc) is 3.32. The van der Waals surface area contributed by atoms with Gasteiger partial charge in [-0.1, -0.05) is 23.9 Å². The van der Waals surface area contributed by atoms with Gasteiger partial charge in [-0.25, -0.2) is 9.97 Å². The monoisotopic (exact) mass is 426 g/mol. The number of aliphatic hydroxyl groups excluding tert-OH is 1. The van der Waals surface area contributed by atoms with Crippen molar-refractivity contribution in [1.82, 2.24) is 14.5 Å². The smallest absolute Gasteiger partial charge is 0.262 e. The number of nitrogens with zero attached hydrogens (tertiary/aromatic N) is 4. The summed E-state index contributed by atoms with van der Waals surface area (Å²) in [5, 5.41) is 23.3. The van der Waals surface area contributed by atoms with Gasteiger partial charge < -0.3 is 5.11 Å². The molecule has 1 aromatic carbocycles. The summed E-state index contributed by atoms with van der Waals surface area (Å²) in [6, 6.07) is 11.4. The number of benzene rings is 1. The highest BCUT2D eigenvalue weighted by Gasteiger charge is 2.21. The van der Waals surface area contributed by atoms with Crippen molar-refractivity contribution < 1.29 is 5.11 Å². The number of aromatic nitrogens is 3. The maximum atomic E-state index is 12.5. The third-order valence-electron chi connectivity index (χ3n) is 4.21. The Morgan fingerprint density at radius 1 is 1.32 bits per heavy atom. The predicted molar refractivity (Wildman–Crippen MR) is 115 cm³/mol. The van der Waals surface area contributed by atoms with Crippen LogP contribution in [0.5, 0.6) is 0 Å². The Bertz CT molecular complexity index is 1290. The van der Waals surface area contributed by atoms with Crippen LogP contribution in [0.25, 0.3) is 26.0 Å². The van der Waals surface area contributed by atoms with Crippen LogP contribution in [-0.4, -0.2) is 24.9 Å². The van der Waals surface area contributed by atoms with Gasteiger partial charge in [0.15, 0.2) is 5.16 Å². The zero-order valence-corrected chi connectivity index (χ0v) is 17.4. The summed E-state index contributed by atoms with van der Waals surface area (Å²) < 4.78 is 2.42. The van der Waals surface area contributed by atoms with Crippen LogP contribution < -0.4 is 5.56 Å². The summed E-state index contributed by atoms with van der Waals surface area (Å²) in [5.41, 5.74) is 0.801. The molecule has 1 N–H and O–H groups in total. The number of hydrogen-bond acceptors (Lipinski definition) is 8. The van der Waals surface area contributed by atoms with Crippen LogP contribution in [0.2, 0.25) is 0 Å². The van der Waals surface area contributed by atoms with E-state index in [0.29, 0.717) is 20.4 Å². The highest BCUT2D eigenvalue weighted by Crippen LogP contribution is 2.33. The summed E-state index contributed by atoms with van der Waals surface area (Å²) in [6.07, 6.45) is 0. The van der Waals surface area contributed by atoms with Crippen molar-refractivity contribution >= 4 is 60.4 Å². The molecule has 3 aromatic heterocycles. The van der Waals surface area contributed by atoms with Gasteiger partial charge in [0.1, 0.15) is 27.2 Å². The summed E-state index contributed by atoms with van der Waals surface area (Å²) in [7, 11) is 1.65. The number of nitriles is 1. The Morgan fingerprint density at radius 3 is 2.86 bits per heavy atom. The van der Waals surface area contributed by atoms with Crippen LogP contribution in [0.15, 0.2) is 51.4 Å². The molecule has 3 heterocycles. The Balaban J connectivity index is 1.72. The minimum atomic E-state index is -0.475. The lowest BCUT2D eigenvalue weighted by Crippen LogP contribution is -2.20. The van der Waals surface area contributed by atoms with E-state index in [-0.39, 0.29) is 16.9 Å². The van der Waals surface area contributed by atoms with Gasteiger partial charge in [-0.2, -0.15) is 5.26 Å². The van der Waals surface area contributed by atoms with E-state index in [0.717, 1.165) is 10.2 Å². The molecule has 0 spiro atoms. The van der Waals surface area contributed by atoms with Crippen molar-refractivity contribution in [3.8, 4) is 6.07 Å². The minimum absolute atomic E-state index is 0.0768. The number of allylic oxidation sites excluding steroid dienone is 1. The van der Waals surface area contributed by atoms with E-state index in [2.05, 4.69) is 16.0 Å². The van der Waals surface area contributed by atoms with E-state index in [4.69, 9.17) is 0 Å². The second-order valence-corrected chi connectivity index (χ2v) is 9.25. The van der Waals surface area contributed by atoms with Crippen LogP contribution >= 0.6 is 34.4 Å². The van der Waals surface area contributed by atoms with Gasteiger partial charge in [0.2, 0.25) is 0 Å². The van der Waals surface area contributed by atoms with Gasteiger partial charge in [-0.3, -0.25) is 9.36 Å². The summed E-state index contributed by atoms with van der Waals surface area (Å²) in [6.45, 7) is 1.77. The summed E-state index contributed by atoms with van der Waals surface area (Å²) in [4.78, 5) is 22.1. The van der Waals surface area contributed by atoms with Gasteiger partial charge in [0.05, 0.1) is 20.9 Å². The average molecular weight is 427 g/mol. The van der Waals surface area contributed by atoms with Crippen LogP contribution in [0.4, 0.5) is 0 Å². The van der Waals surface area contributed by atoms with E-state index in [1.807, 2.05) is 29.6 Å². The molecular formula is C19H14N4O2S3. The van der Waals surface area contributed by atoms with E-state index >= 15 is 0 Å². The second kappa shape index (κ2) is 7.39. The molecule has 4 aromatic rings. The normalized spacial score (nSPS) is 13.5. The Kier molecular flexibility index (Phi) is 4.93. The molecule has 140 valence electrons. The largest absolute Gasteiger partial charge is 0.510 e. The van der Waals surface area contributed by atoms with Crippen molar-refractivity contribution in [2.24, 2.45) is 7.05 Å². The minimum Gasteiger partial charge on any atom is -0.510 e. The first kappa shape index (κ1) is 18.7. The number of thiazole rings is 1. The molecule has 9 heteroatoms. The molecule has 0 aliphatic carbocycles. The lowest BCUT2D eigenvalue weighted by Gasteiger charge is -2.13. The topological polar surface area (TPSA) is 91.8 Å². The van der Waals surface area contributed by atoms with E-state index in [9.17, 15) is 15.2 Å². The SMILES string of the molecule is CC(Sc1nc2sccc2c(=O)n1C)/C(O)=C(\C#N)c1nc2ccccc2s1. The molecule has 0 aliphatic rings. The first-order chi connectivity index (χ1) is 13.5. The Hall–Kier alpha value is -2.67. The van der Waals surface area contributed by atoms with Crippen LogP contribution in [-0.2, 0) is 7.05 Å². The second-order valence-electron chi connectivity index (χ2n) is 6.02. The van der Waals surface area contributed by atoms with Crippen molar-refractivity contribution in [3.05, 3.63) is 56.8 Å². The fourth-order valence-electron chi connectivity index (χ4n) is 2.70. The zero-order chi connectivity index (χ0) is 19.8. The molecule has 0 saturated heterocycles. The molecule has 1 unspecified atom stereocenters. The summed E-state index contributed by atoms with van der Waals surface area (Å²) in [5.74, 6) is -0.0768. The van der Waals surface area contributed by atoms with Crippen molar-refractivity contribution in [3.63, 3.8) is 0 Å². The Morgan fingerprint density at radius 2 is 2.11 bits per heavy atom. The molecule has 0 fully saturated rings. The first-order valence-corrected chi connectivity index (χ1v) is 10.9. The van der Waals surface area contributed by atoms with E-state index in [1.54, 1.807) is 20.0 Å². The molecule has 28 heavy (non-hydrogen) atoms. The van der Waals surface area contributed by atoms with Gasteiger partial charge >= 0.3 is 0 Å². The fourth-order valence-corrected chi connectivity index (χ4v) is 5.41. The Labute approximate surface area is 172 Å². The van der Waals surface area contributed by atoms with Gasteiger partial charge in [-0.05, 0) is 30.5 Å². The lowest BCUT2D eigenvalue weighted by atomic mass is 10.2. The van der Waals surface area contributed by atoms with Gasteiger partial charge in [0.25, 0.3) is 5.56 Å². The first-order valence-electron chi connectivity index (χ1n) is 8.29. The quantitative estimate of drug-likeness (QED) is 0.222. The molecule has 0 aliphatic heterocycles. The molecule has 0 radical (unpaired) electrons. The fraction of sp³-hybridized carbons (Fsp3) is 0.158. The zero-order valence-electron chi connectivity index (χ0n) is 14.9. The maximum absolute atomic E-state index is 12.5. The van der Waals surface area contributed by atoms with Crippen molar-refractivity contribution in [2.75, 3.05) is 0 Å². The number of thiophene rings is 1. The van der Waals surface area contributed by atoms with E-state index < -0.39 is 5.25 Å². The number of thioether (sulfide) groups is 1. The molecule has 0 saturated carbocycles. The lowest BCUT2D eigenvalue weighted by molar-refractivity contribution is 0.402. The molecular weight excluding hydrogens is 412 g/mol. The van der Waals surface area contributed by atoms with Gasteiger partial charge in [0, 0.05) is 7.05 Å². The number of fused-ring (bicyclic) bond motifs is 2. The number of rotatable bonds is 4. The van der Waals surface area contributed by atoms with Crippen molar-refractivity contribution in [1.29, 1.82) is 5.26 Å². The number of hydrogen-bond donors (Lipinski definition) is 1. The molecule has 4 rings (SSSR count). The van der Waals surface area contributed by atoms with Gasteiger partial charge in [-0.15, -0.1) is 22.7 Å². The molecule has 1 atom stereocenters. The maximum Gasteiger partial charge on any atom is 0.262 e. The van der Waals surface area contributed by atoms with Crippen molar-refractivity contribution in [2.45, 2.75) is 17.3 Å². The molecule has 0 bridgehead atoms. The number of para-hydroxylation sites is 1.